The van der Waals surface area contributed by atoms with E-state index in [1.165, 1.54) is 0 Å². The van der Waals surface area contributed by atoms with Gasteiger partial charge >= 0.3 is 0 Å². The molecule has 1 radical (unpaired) electrons. The Kier molecular flexibility index (Phi) is 29.7. The molecule has 0 saturated carbocycles. The number of hydrogen-bond donors (Lipinski definition) is 4. The summed E-state index contributed by atoms with van der Waals surface area (Å²) in [6, 6.07) is 0. The van der Waals surface area contributed by atoms with Crippen LogP contribution in [-0.2, 0) is 51.8 Å². The Morgan fingerprint density at radius 2 is 1.70 bits per heavy atom. The first-order valence-corrected chi connectivity index (χ1v) is 9.72. The average molecular weight is 505 g/mol. The zero-order chi connectivity index (χ0) is 20.9. The SMILES string of the molecule is C=C[N+](=CC)CC(=O)NCCOCCOCC(=O)NCCCCCC[CH-]NO.[NH2-].[Y]. The zero-order valence-corrected chi connectivity index (χ0v) is 20.9. The van der Waals surface area contributed by atoms with Gasteiger partial charge in [-0.2, -0.15) is 6.42 Å². The van der Waals surface area contributed by atoms with E-state index in [0.717, 1.165) is 32.1 Å². The number of nitrogens with one attached hydrogen (secondary N) is 3. The second kappa shape index (κ2) is 26.3. The number of carbonyl (C=O) groups is 2. The molecule has 0 aliphatic carbocycles. The summed E-state index contributed by atoms with van der Waals surface area (Å²) in [6.45, 7) is 9.44. The first kappa shape index (κ1) is 33.9. The third-order valence-electron chi connectivity index (χ3n) is 3.75. The van der Waals surface area contributed by atoms with Crippen LogP contribution in [0.4, 0.5) is 0 Å². The van der Waals surface area contributed by atoms with Gasteiger partial charge in [0.1, 0.15) is 12.8 Å². The van der Waals surface area contributed by atoms with E-state index in [1.54, 1.807) is 23.5 Å². The van der Waals surface area contributed by atoms with Crippen LogP contribution in [0.15, 0.2) is 12.8 Å². The molecular formula is C19H38N5O5Y-. The van der Waals surface area contributed by atoms with Crippen molar-refractivity contribution in [3.8, 4) is 0 Å². The molecule has 0 aliphatic heterocycles. The fourth-order valence-corrected chi connectivity index (χ4v) is 2.20. The molecular weight excluding hydrogens is 467 g/mol. The van der Waals surface area contributed by atoms with Gasteiger partial charge in [-0.3, -0.25) is 9.59 Å². The molecule has 0 heterocycles. The molecule has 2 amide bonds. The third-order valence-corrected chi connectivity index (χ3v) is 3.75. The second-order valence-corrected chi connectivity index (χ2v) is 6.01. The van der Waals surface area contributed by atoms with Gasteiger partial charge in [0.2, 0.25) is 12.5 Å². The largest absolute Gasteiger partial charge is 0.693 e. The molecule has 6 N–H and O–H groups in total. The van der Waals surface area contributed by atoms with Crippen LogP contribution in [0.1, 0.15) is 39.0 Å². The molecule has 0 spiro atoms. The minimum Gasteiger partial charge on any atom is -0.693 e. The molecule has 0 aliphatic rings. The predicted octanol–water partition coefficient (Wildman–Crippen LogP) is 1.30. The smallest absolute Gasteiger partial charge is 0.286 e. The van der Waals surface area contributed by atoms with Crippen molar-refractivity contribution in [3.05, 3.63) is 25.5 Å². The number of hydrogen-bond acceptors (Lipinski definition) is 6. The quantitative estimate of drug-likeness (QED) is 0.0685. The van der Waals surface area contributed by atoms with Crippen molar-refractivity contribution >= 4 is 18.0 Å². The van der Waals surface area contributed by atoms with E-state index in [-0.39, 0.29) is 63.8 Å². The summed E-state index contributed by atoms with van der Waals surface area (Å²) in [7, 11) is 0. The maximum absolute atomic E-state index is 11.6. The fourth-order valence-electron chi connectivity index (χ4n) is 2.20. The normalized spacial score (nSPS) is 10.5. The van der Waals surface area contributed by atoms with Gasteiger partial charge in [0.05, 0.1) is 19.8 Å². The summed E-state index contributed by atoms with van der Waals surface area (Å²) in [6.07, 6.45) is 8.22. The molecule has 0 fully saturated rings. The van der Waals surface area contributed by atoms with Gasteiger partial charge in [-0.15, -0.1) is 0 Å². The van der Waals surface area contributed by atoms with Crippen molar-refractivity contribution in [3.63, 3.8) is 0 Å². The summed E-state index contributed by atoms with van der Waals surface area (Å²) in [5.41, 5.74) is 2.01. The van der Waals surface area contributed by atoms with E-state index in [1.807, 2.05) is 12.4 Å². The third kappa shape index (κ3) is 23.5. The van der Waals surface area contributed by atoms with E-state index >= 15 is 0 Å². The Hall–Kier alpha value is -0.746. The van der Waals surface area contributed by atoms with Crippen LogP contribution in [-0.4, -0.2) is 73.9 Å². The average Bonchev–Trinajstić information content (AvgIpc) is 2.70. The second-order valence-electron chi connectivity index (χ2n) is 6.01. The van der Waals surface area contributed by atoms with Gasteiger partial charge in [-0.05, 0) is 13.0 Å². The van der Waals surface area contributed by atoms with E-state index in [0.29, 0.717) is 32.9 Å². The van der Waals surface area contributed by atoms with Crippen LogP contribution < -0.4 is 16.1 Å². The van der Waals surface area contributed by atoms with Crippen molar-refractivity contribution in [1.82, 2.24) is 16.1 Å². The van der Waals surface area contributed by atoms with Gasteiger partial charge in [0.15, 0.2) is 6.20 Å². The van der Waals surface area contributed by atoms with Gasteiger partial charge in [-0.25, -0.2) is 11.1 Å². The van der Waals surface area contributed by atoms with Gasteiger partial charge < -0.3 is 36.9 Å². The van der Waals surface area contributed by atoms with Crippen LogP contribution >= 0.6 is 0 Å². The van der Waals surface area contributed by atoms with Crippen LogP contribution in [0.5, 0.6) is 0 Å². The van der Waals surface area contributed by atoms with Crippen LogP contribution in [0.2, 0.25) is 0 Å². The molecule has 30 heavy (non-hydrogen) atoms. The number of unbranched alkanes of at least 4 members (excludes halogenated alkanes) is 4. The monoisotopic (exact) mass is 505 g/mol. The standard InChI is InChI=1S/C19H36N4O5.H2N.Y/c1-3-23(4-2)16-18(24)21-12-13-27-14-15-28-17-19(25)20-10-8-6-5-7-9-11-22-26;;/h3-4,11,22,26H,1,5-10,12-17H2,2H3,(H,20,25)(H,21,24);1H2;/q;-1;. The van der Waals surface area contributed by atoms with E-state index < -0.39 is 0 Å². The molecule has 0 unspecified atom stereocenters. The van der Waals surface area contributed by atoms with E-state index in [2.05, 4.69) is 17.2 Å². The number of hydroxylamine groups is 1. The summed E-state index contributed by atoms with van der Waals surface area (Å²) in [5.74, 6) is -0.236. The van der Waals surface area contributed by atoms with Crippen LogP contribution in [0, 0.1) is 6.54 Å². The van der Waals surface area contributed by atoms with Crippen LogP contribution in [0.25, 0.3) is 6.15 Å². The van der Waals surface area contributed by atoms with Gasteiger partial charge in [0, 0.05) is 52.7 Å². The summed E-state index contributed by atoms with van der Waals surface area (Å²) < 4.78 is 12.3. The molecule has 0 atom stereocenters. The summed E-state index contributed by atoms with van der Waals surface area (Å²) >= 11 is 0. The Labute approximate surface area is 205 Å². The Morgan fingerprint density at radius 1 is 1.03 bits per heavy atom. The van der Waals surface area contributed by atoms with Crippen molar-refractivity contribution < 1.29 is 61.6 Å². The minimum absolute atomic E-state index is 0. The maximum atomic E-state index is 11.6. The molecule has 0 aromatic heterocycles. The molecule has 0 saturated heterocycles. The van der Waals surface area contributed by atoms with Crippen molar-refractivity contribution in [2.45, 2.75) is 39.0 Å². The molecule has 0 rings (SSSR count). The number of nitrogens with zero attached hydrogens (tertiary/aromatic N) is 1. The van der Waals surface area contributed by atoms with E-state index in [4.69, 9.17) is 14.7 Å². The first-order chi connectivity index (χ1) is 13.6. The molecule has 11 heteroatoms. The first-order valence-electron chi connectivity index (χ1n) is 9.72. The topological polar surface area (TPSA) is 145 Å². The number of carbonyl (C=O) groups excluding carboxylic acids is 2. The fraction of sp³-hybridized carbons (Fsp3) is 0.684. The summed E-state index contributed by atoms with van der Waals surface area (Å²) in [4.78, 5) is 23.2. The maximum Gasteiger partial charge on any atom is 0.286 e. The molecule has 0 aromatic rings. The van der Waals surface area contributed by atoms with Crippen LogP contribution in [0.3, 0.4) is 0 Å². The Bertz CT molecular complexity index is 467. The molecule has 173 valence electrons. The Balaban J connectivity index is -0.00000364. The predicted molar refractivity (Wildman–Crippen MR) is 112 cm³/mol. The van der Waals surface area contributed by atoms with Crippen molar-refractivity contribution in [1.29, 1.82) is 0 Å². The summed E-state index contributed by atoms with van der Waals surface area (Å²) in [5, 5.41) is 13.9. The number of ether oxygens (including phenoxy) is 2. The van der Waals surface area contributed by atoms with Gasteiger partial charge in [0.25, 0.3) is 5.91 Å². The zero-order valence-electron chi connectivity index (χ0n) is 18.1. The minimum atomic E-state index is -0.135. The van der Waals surface area contributed by atoms with Gasteiger partial charge in [-0.1, -0.05) is 19.3 Å². The number of amides is 2. The number of nitrogens with two attached hydrogens (primary N) is 1. The molecule has 10 nitrogen and oxygen atoms in total. The van der Waals surface area contributed by atoms with Crippen molar-refractivity contribution in [2.75, 3.05) is 46.1 Å². The Morgan fingerprint density at radius 3 is 2.37 bits per heavy atom. The molecule has 0 bridgehead atoms. The van der Waals surface area contributed by atoms with Crippen molar-refractivity contribution in [2.24, 2.45) is 0 Å². The van der Waals surface area contributed by atoms with E-state index in [9.17, 15) is 9.59 Å². The molecule has 0 aromatic carbocycles. The number of rotatable bonds is 19.